The van der Waals surface area contributed by atoms with Gasteiger partial charge in [0, 0.05) is 0 Å². The molecular formula is C11H16O2. The zero-order chi connectivity index (χ0) is 10.0. The van der Waals surface area contributed by atoms with Gasteiger partial charge in [0.1, 0.15) is 5.75 Å². The van der Waals surface area contributed by atoms with E-state index < -0.39 is 6.10 Å². The van der Waals surface area contributed by atoms with Gasteiger partial charge in [0.25, 0.3) is 0 Å². The molecule has 2 N–H and O–H groups in total. The van der Waals surface area contributed by atoms with Crippen LogP contribution in [0.3, 0.4) is 0 Å². The smallest absolute Gasteiger partial charge is 0.115 e. The van der Waals surface area contributed by atoms with Crippen LogP contribution in [-0.4, -0.2) is 10.2 Å². The molecule has 0 fully saturated rings. The highest BCUT2D eigenvalue weighted by molar-refractivity contribution is 5.35. The molecule has 72 valence electrons. The van der Waals surface area contributed by atoms with E-state index in [-0.39, 0.29) is 11.7 Å². The second-order valence-corrected chi connectivity index (χ2v) is 3.73. The van der Waals surface area contributed by atoms with Crippen molar-refractivity contribution in [2.75, 3.05) is 0 Å². The molecule has 0 amide bonds. The molecule has 0 bridgehead atoms. The Hall–Kier alpha value is -1.02. The largest absolute Gasteiger partial charge is 0.508 e. The predicted molar refractivity (Wildman–Crippen MR) is 52.6 cm³/mol. The summed E-state index contributed by atoms with van der Waals surface area (Å²) in [4.78, 5) is 0. The third-order valence-electron chi connectivity index (χ3n) is 2.21. The summed E-state index contributed by atoms with van der Waals surface area (Å²) in [6.07, 6.45) is -0.493. The molecule has 0 saturated heterocycles. The van der Waals surface area contributed by atoms with Gasteiger partial charge in [0.2, 0.25) is 0 Å². The van der Waals surface area contributed by atoms with E-state index in [2.05, 4.69) is 0 Å². The highest BCUT2D eigenvalue weighted by Gasteiger charge is 2.14. The number of aryl methyl sites for hydroxylation is 1. The van der Waals surface area contributed by atoms with Gasteiger partial charge in [-0.15, -0.1) is 0 Å². The Morgan fingerprint density at radius 3 is 2.38 bits per heavy atom. The minimum atomic E-state index is -0.493. The summed E-state index contributed by atoms with van der Waals surface area (Å²) >= 11 is 0. The molecule has 1 aromatic rings. The van der Waals surface area contributed by atoms with Gasteiger partial charge in [-0.1, -0.05) is 19.9 Å². The van der Waals surface area contributed by atoms with E-state index in [4.69, 9.17) is 0 Å². The summed E-state index contributed by atoms with van der Waals surface area (Å²) in [7, 11) is 0. The van der Waals surface area contributed by atoms with Gasteiger partial charge in [-0.05, 0) is 36.1 Å². The van der Waals surface area contributed by atoms with Gasteiger partial charge in [0.15, 0.2) is 0 Å². The molecule has 1 atom stereocenters. The maximum absolute atomic E-state index is 9.79. The van der Waals surface area contributed by atoms with E-state index in [1.54, 1.807) is 12.1 Å². The average Bonchev–Trinajstić information content (AvgIpc) is 2.08. The zero-order valence-electron chi connectivity index (χ0n) is 8.28. The molecule has 0 spiro atoms. The van der Waals surface area contributed by atoms with Crippen molar-refractivity contribution in [2.24, 2.45) is 5.92 Å². The number of phenols is 1. The van der Waals surface area contributed by atoms with E-state index in [9.17, 15) is 10.2 Å². The van der Waals surface area contributed by atoms with Crippen LogP contribution in [0.2, 0.25) is 0 Å². The van der Waals surface area contributed by atoms with Crippen LogP contribution < -0.4 is 0 Å². The van der Waals surface area contributed by atoms with Crippen molar-refractivity contribution < 1.29 is 10.2 Å². The molecule has 0 aliphatic rings. The predicted octanol–water partition coefficient (Wildman–Crippen LogP) is 2.39. The third-order valence-corrected chi connectivity index (χ3v) is 2.21. The van der Waals surface area contributed by atoms with E-state index in [1.165, 1.54) is 0 Å². The van der Waals surface area contributed by atoms with Gasteiger partial charge in [-0.3, -0.25) is 0 Å². The van der Waals surface area contributed by atoms with Crippen molar-refractivity contribution >= 4 is 0 Å². The maximum atomic E-state index is 9.79. The molecular weight excluding hydrogens is 164 g/mol. The number of hydrogen-bond acceptors (Lipinski definition) is 2. The molecule has 0 radical (unpaired) electrons. The summed E-state index contributed by atoms with van der Waals surface area (Å²) in [5.74, 6) is 0.376. The molecule has 1 rings (SSSR count). The van der Waals surface area contributed by atoms with Gasteiger partial charge < -0.3 is 10.2 Å². The molecule has 0 saturated carbocycles. The highest BCUT2D eigenvalue weighted by Crippen LogP contribution is 2.27. The van der Waals surface area contributed by atoms with Crippen LogP contribution in [0, 0.1) is 12.8 Å². The Labute approximate surface area is 78.8 Å². The first kappa shape index (κ1) is 10.1. The minimum absolute atomic E-state index is 0.167. The van der Waals surface area contributed by atoms with Crippen LogP contribution in [0.4, 0.5) is 0 Å². The van der Waals surface area contributed by atoms with Gasteiger partial charge in [-0.2, -0.15) is 0 Å². The first-order valence-corrected chi connectivity index (χ1v) is 4.50. The summed E-state index contributed by atoms with van der Waals surface area (Å²) in [5, 5.41) is 19.0. The van der Waals surface area contributed by atoms with Crippen LogP contribution in [0.5, 0.6) is 5.75 Å². The normalized spacial score (nSPS) is 13.3. The van der Waals surface area contributed by atoms with Crippen LogP contribution >= 0.6 is 0 Å². The van der Waals surface area contributed by atoms with Crippen molar-refractivity contribution in [1.82, 2.24) is 0 Å². The van der Waals surface area contributed by atoms with Crippen molar-refractivity contribution in [2.45, 2.75) is 26.9 Å². The molecule has 0 aliphatic heterocycles. The lowest BCUT2D eigenvalue weighted by molar-refractivity contribution is 0.126. The third kappa shape index (κ3) is 2.22. The molecule has 0 heterocycles. The van der Waals surface area contributed by atoms with Crippen LogP contribution in [0.25, 0.3) is 0 Å². The van der Waals surface area contributed by atoms with Crippen molar-refractivity contribution in [3.8, 4) is 5.75 Å². The topological polar surface area (TPSA) is 40.5 Å². The Bertz CT molecular complexity index is 292. The molecule has 2 heteroatoms. The highest BCUT2D eigenvalue weighted by atomic mass is 16.3. The lowest BCUT2D eigenvalue weighted by Gasteiger charge is -2.17. The number of benzene rings is 1. The summed E-state index contributed by atoms with van der Waals surface area (Å²) in [5.41, 5.74) is 1.83. The lowest BCUT2D eigenvalue weighted by Crippen LogP contribution is -2.06. The van der Waals surface area contributed by atoms with E-state index >= 15 is 0 Å². The summed E-state index contributed by atoms with van der Waals surface area (Å²) < 4.78 is 0. The molecule has 0 aromatic heterocycles. The van der Waals surface area contributed by atoms with Crippen molar-refractivity contribution in [1.29, 1.82) is 0 Å². The summed E-state index contributed by atoms with van der Waals surface area (Å²) in [6.45, 7) is 5.84. The zero-order valence-corrected chi connectivity index (χ0v) is 8.28. The average molecular weight is 180 g/mol. The van der Waals surface area contributed by atoms with Crippen LogP contribution in [0.1, 0.15) is 31.1 Å². The van der Waals surface area contributed by atoms with E-state index in [0.29, 0.717) is 0 Å². The fourth-order valence-corrected chi connectivity index (χ4v) is 1.31. The summed E-state index contributed by atoms with van der Waals surface area (Å²) in [6, 6.07) is 5.07. The maximum Gasteiger partial charge on any atom is 0.115 e. The minimum Gasteiger partial charge on any atom is -0.508 e. The second-order valence-electron chi connectivity index (χ2n) is 3.73. The molecule has 13 heavy (non-hydrogen) atoms. The van der Waals surface area contributed by atoms with Crippen molar-refractivity contribution in [3.05, 3.63) is 29.3 Å². The van der Waals surface area contributed by atoms with Crippen LogP contribution in [0.15, 0.2) is 18.2 Å². The number of aromatic hydroxyl groups is 1. The Morgan fingerprint density at radius 1 is 1.23 bits per heavy atom. The van der Waals surface area contributed by atoms with Crippen LogP contribution in [-0.2, 0) is 0 Å². The Balaban J connectivity index is 3.05. The first-order valence-electron chi connectivity index (χ1n) is 4.50. The molecule has 0 aliphatic carbocycles. The number of aliphatic hydroxyl groups is 1. The fourth-order valence-electron chi connectivity index (χ4n) is 1.31. The number of aliphatic hydroxyl groups excluding tert-OH is 1. The SMILES string of the molecule is Cc1ccc(O)cc1[C@@H](O)C(C)C. The standard InChI is InChI=1S/C11H16O2/c1-7(2)11(13)10-6-9(12)5-4-8(10)3/h4-7,11-13H,1-3H3/t11-/m0/s1. The van der Waals surface area contributed by atoms with Crippen molar-refractivity contribution in [3.63, 3.8) is 0 Å². The number of rotatable bonds is 2. The second kappa shape index (κ2) is 3.79. The lowest BCUT2D eigenvalue weighted by atomic mass is 9.95. The van der Waals surface area contributed by atoms with Gasteiger partial charge >= 0.3 is 0 Å². The fraction of sp³-hybridized carbons (Fsp3) is 0.455. The van der Waals surface area contributed by atoms with E-state index in [0.717, 1.165) is 11.1 Å². The Morgan fingerprint density at radius 2 is 1.85 bits per heavy atom. The quantitative estimate of drug-likeness (QED) is 0.733. The Kier molecular flexibility index (Phi) is 2.94. The number of phenolic OH excluding ortho intramolecular Hbond substituents is 1. The first-order chi connectivity index (χ1) is 6.02. The molecule has 1 aromatic carbocycles. The van der Waals surface area contributed by atoms with E-state index in [1.807, 2.05) is 26.8 Å². The molecule has 0 unspecified atom stereocenters. The van der Waals surface area contributed by atoms with Gasteiger partial charge in [0.05, 0.1) is 6.10 Å². The molecule has 2 nitrogen and oxygen atoms in total. The monoisotopic (exact) mass is 180 g/mol. The number of hydrogen-bond donors (Lipinski definition) is 2. The van der Waals surface area contributed by atoms with Gasteiger partial charge in [-0.25, -0.2) is 0 Å².